The third-order valence-corrected chi connectivity index (χ3v) is 4.24. The summed E-state index contributed by atoms with van der Waals surface area (Å²) in [6, 6.07) is 4.36. The van der Waals surface area contributed by atoms with Crippen LogP contribution in [0.1, 0.15) is 23.2 Å². The highest BCUT2D eigenvalue weighted by atomic mass is 79.9. The average Bonchev–Trinajstić information content (AvgIpc) is 2.41. The number of nitrogens with zero attached hydrogens (tertiary/aromatic N) is 1. The molecule has 18 heavy (non-hydrogen) atoms. The molecule has 0 saturated carbocycles. The molecule has 1 aliphatic rings. The van der Waals surface area contributed by atoms with Crippen LogP contribution >= 0.6 is 27.5 Å². The molecular weight excluding hydrogens is 321 g/mol. The van der Waals surface area contributed by atoms with Gasteiger partial charge in [0.15, 0.2) is 0 Å². The maximum Gasteiger partial charge on any atom is 0.253 e. The molecule has 0 spiro atoms. The van der Waals surface area contributed by atoms with Crippen LogP contribution in [0.5, 0.6) is 0 Å². The van der Waals surface area contributed by atoms with E-state index in [1.54, 1.807) is 4.90 Å². The lowest BCUT2D eigenvalue weighted by molar-refractivity contribution is 0.0684. The number of carbonyl (C=O) groups is 1. The number of rotatable bonds is 2. The van der Waals surface area contributed by atoms with Crippen molar-refractivity contribution in [3.05, 3.63) is 34.1 Å². The van der Waals surface area contributed by atoms with Crippen molar-refractivity contribution < 1.29 is 9.18 Å². The number of carbonyl (C=O) groups excluding carboxylic acids is 1. The lowest BCUT2D eigenvalue weighted by atomic mass is 9.99. The standard InChI is InChI=1S/C13H14BrClFNO/c14-11-6-10(3-4-12(11)16)13(18)17-5-1-2-9(7-15)8-17/h3-4,6,9H,1-2,5,7-8H2. The summed E-state index contributed by atoms with van der Waals surface area (Å²) in [5.74, 6) is 0.541. The monoisotopic (exact) mass is 333 g/mol. The highest BCUT2D eigenvalue weighted by Gasteiger charge is 2.24. The van der Waals surface area contributed by atoms with E-state index in [1.165, 1.54) is 18.2 Å². The maximum atomic E-state index is 13.1. The van der Waals surface area contributed by atoms with Crippen LogP contribution in [0.4, 0.5) is 4.39 Å². The van der Waals surface area contributed by atoms with Crippen molar-refractivity contribution in [2.75, 3.05) is 19.0 Å². The lowest BCUT2D eigenvalue weighted by Gasteiger charge is -2.31. The summed E-state index contributed by atoms with van der Waals surface area (Å²) in [5, 5.41) is 0. The largest absolute Gasteiger partial charge is 0.338 e. The maximum absolute atomic E-state index is 13.1. The molecular formula is C13H14BrClFNO. The van der Waals surface area contributed by atoms with Gasteiger partial charge in [0.2, 0.25) is 0 Å². The Labute approximate surface area is 119 Å². The Bertz CT molecular complexity index is 455. The van der Waals surface area contributed by atoms with Crippen molar-refractivity contribution in [2.24, 2.45) is 5.92 Å². The molecule has 1 heterocycles. The second kappa shape index (κ2) is 6.02. The molecule has 1 aliphatic heterocycles. The second-order valence-corrected chi connectivity index (χ2v) is 5.71. The van der Waals surface area contributed by atoms with Gasteiger partial charge in [-0.25, -0.2) is 4.39 Å². The highest BCUT2D eigenvalue weighted by Crippen LogP contribution is 2.22. The van der Waals surface area contributed by atoms with Crippen LogP contribution < -0.4 is 0 Å². The number of likely N-dealkylation sites (tertiary alicyclic amines) is 1. The van der Waals surface area contributed by atoms with Gasteiger partial charge in [-0.05, 0) is 52.9 Å². The Balaban J connectivity index is 2.12. The fourth-order valence-corrected chi connectivity index (χ4v) is 2.82. The molecule has 1 saturated heterocycles. The van der Waals surface area contributed by atoms with Gasteiger partial charge in [-0.2, -0.15) is 0 Å². The highest BCUT2D eigenvalue weighted by molar-refractivity contribution is 9.10. The van der Waals surface area contributed by atoms with Gasteiger partial charge in [0.1, 0.15) is 5.82 Å². The Morgan fingerprint density at radius 2 is 2.33 bits per heavy atom. The zero-order chi connectivity index (χ0) is 13.1. The zero-order valence-corrected chi connectivity index (χ0v) is 12.2. The van der Waals surface area contributed by atoms with Gasteiger partial charge >= 0.3 is 0 Å². The quantitative estimate of drug-likeness (QED) is 0.756. The molecule has 5 heteroatoms. The Kier molecular flexibility index (Phi) is 4.62. The smallest absolute Gasteiger partial charge is 0.253 e. The normalized spacial score (nSPS) is 19.9. The number of hydrogen-bond acceptors (Lipinski definition) is 1. The molecule has 0 bridgehead atoms. The summed E-state index contributed by atoms with van der Waals surface area (Å²) in [5.41, 5.74) is 0.512. The predicted molar refractivity (Wildman–Crippen MR) is 73.4 cm³/mol. The van der Waals surface area contributed by atoms with E-state index < -0.39 is 0 Å². The van der Waals surface area contributed by atoms with Crippen molar-refractivity contribution in [3.63, 3.8) is 0 Å². The van der Waals surface area contributed by atoms with Crippen LogP contribution in [0.25, 0.3) is 0 Å². The second-order valence-electron chi connectivity index (χ2n) is 4.54. The van der Waals surface area contributed by atoms with Crippen LogP contribution in [0.3, 0.4) is 0 Å². The molecule has 2 rings (SSSR count). The minimum absolute atomic E-state index is 0.0504. The molecule has 0 radical (unpaired) electrons. The molecule has 1 unspecified atom stereocenters. The molecule has 1 aromatic rings. The summed E-state index contributed by atoms with van der Waals surface area (Å²) in [6.07, 6.45) is 2.05. The van der Waals surface area contributed by atoms with Crippen LogP contribution in [-0.2, 0) is 0 Å². The van der Waals surface area contributed by atoms with Gasteiger partial charge in [-0.15, -0.1) is 11.6 Å². The van der Waals surface area contributed by atoms with Crippen molar-refractivity contribution in [1.29, 1.82) is 0 Å². The van der Waals surface area contributed by atoms with E-state index in [9.17, 15) is 9.18 Å². The van der Waals surface area contributed by atoms with Gasteiger partial charge < -0.3 is 4.90 Å². The van der Waals surface area contributed by atoms with Crippen molar-refractivity contribution in [2.45, 2.75) is 12.8 Å². The molecule has 1 fully saturated rings. The van der Waals surface area contributed by atoms with E-state index in [0.29, 0.717) is 28.4 Å². The van der Waals surface area contributed by atoms with Gasteiger partial charge in [-0.1, -0.05) is 0 Å². The number of alkyl halides is 1. The van der Waals surface area contributed by atoms with E-state index in [1.807, 2.05) is 0 Å². The summed E-state index contributed by atoms with van der Waals surface area (Å²) in [7, 11) is 0. The molecule has 1 atom stereocenters. The first kappa shape index (κ1) is 13.8. The van der Waals surface area contributed by atoms with Gasteiger partial charge in [-0.3, -0.25) is 4.79 Å². The van der Waals surface area contributed by atoms with Crippen LogP contribution in [0.15, 0.2) is 22.7 Å². The number of piperidine rings is 1. The average molecular weight is 335 g/mol. The van der Waals surface area contributed by atoms with E-state index in [4.69, 9.17) is 11.6 Å². The molecule has 0 aromatic heterocycles. The summed E-state index contributed by atoms with van der Waals surface area (Å²) >= 11 is 8.94. The SMILES string of the molecule is O=C(c1ccc(F)c(Br)c1)N1CCCC(CCl)C1. The number of halogens is 3. The summed E-state index contributed by atoms with van der Waals surface area (Å²) in [4.78, 5) is 14.1. The molecule has 98 valence electrons. The van der Waals surface area contributed by atoms with Gasteiger partial charge in [0, 0.05) is 24.5 Å². The van der Waals surface area contributed by atoms with Crippen molar-refractivity contribution in [3.8, 4) is 0 Å². The first-order valence-electron chi connectivity index (χ1n) is 5.92. The van der Waals surface area contributed by atoms with Crippen LogP contribution in [0.2, 0.25) is 0 Å². The number of amides is 1. The van der Waals surface area contributed by atoms with E-state index in [0.717, 1.165) is 19.4 Å². The molecule has 1 amide bonds. The van der Waals surface area contributed by atoms with Crippen LogP contribution in [-0.4, -0.2) is 29.8 Å². The van der Waals surface area contributed by atoms with Gasteiger partial charge in [0.25, 0.3) is 5.91 Å². The number of benzene rings is 1. The molecule has 1 aromatic carbocycles. The minimum atomic E-state index is -0.358. The van der Waals surface area contributed by atoms with Crippen LogP contribution in [0, 0.1) is 11.7 Å². The first-order chi connectivity index (χ1) is 8.61. The summed E-state index contributed by atoms with van der Waals surface area (Å²) < 4.78 is 13.5. The van der Waals surface area contributed by atoms with Crippen molar-refractivity contribution >= 4 is 33.4 Å². The van der Waals surface area contributed by atoms with Crippen molar-refractivity contribution in [1.82, 2.24) is 4.90 Å². The van der Waals surface area contributed by atoms with E-state index in [-0.39, 0.29) is 11.7 Å². The fraction of sp³-hybridized carbons (Fsp3) is 0.462. The number of hydrogen-bond donors (Lipinski definition) is 0. The fourth-order valence-electron chi connectivity index (χ4n) is 2.19. The molecule has 0 N–H and O–H groups in total. The third-order valence-electron chi connectivity index (χ3n) is 3.19. The topological polar surface area (TPSA) is 20.3 Å². The first-order valence-corrected chi connectivity index (χ1v) is 7.25. The lowest BCUT2D eigenvalue weighted by Crippen LogP contribution is -2.40. The Morgan fingerprint density at radius 3 is 3.00 bits per heavy atom. The van der Waals surface area contributed by atoms with Gasteiger partial charge in [0.05, 0.1) is 4.47 Å². The Hall–Kier alpha value is -0.610. The summed E-state index contributed by atoms with van der Waals surface area (Å²) in [6.45, 7) is 1.44. The third kappa shape index (κ3) is 3.04. The Morgan fingerprint density at radius 1 is 1.56 bits per heavy atom. The zero-order valence-electron chi connectivity index (χ0n) is 9.83. The minimum Gasteiger partial charge on any atom is -0.338 e. The molecule has 2 nitrogen and oxygen atoms in total. The van der Waals surface area contributed by atoms with E-state index in [2.05, 4.69) is 15.9 Å². The van der Waals surface area contributed by atoms with E-state index >= 15 is 0 Å². The predicted octanol–water partition coefficient (Wildman–Crippen LogP) is 3.68. The molecule has 0 aliphatic carbocycles.